The van der Waals surface area contributed by atoms with Gasteiger partial charge in [0.25, 0.3) is 0 Å². The summed E-state index contributed by atoms with van der Waals surface area (Å²) in [5.74, 6) is 0. The van der Waals surface area contributed by atoms with E-state index in [1.807, 2.05) is 12.1 Å². The molecule has 0 bridgehead atoms. The highest BCUT2D eigenvalue weighted by atomic mass is 79.9. The Hall–Kier alpha value is -0.390. The molecule has 1 aliphatic rings. The molecule has 2 N–H and O–H groups in total. The number of hydrogen-bond donors (Lipinski definition) is 1. The summed E-state index contributed by atoms with van der Waals surface area (Å²) < 4.78 is 23.5. The Morgan fingerprint density at radius 3 is 2.73 bits per heavy atom. The van der Waals surface area contributed by atoms with Gasteiger partial charge in [-0.25, -0.2) is 13.6 Å². The van der Waals surface area contributed by atoms with Gasteiger partial charge in [-0.1, -0.05) is 22.0 Å². The predicted molar refractivity (Wildman–Crippen MR) is 63.1 cm³/mol. The van der Waals surface area contributed by atoms with Gasteiger partial charge in [0.2, 0.25) is 10.0 Å². The first kappa shape index (κ1) is 11.1. The van der Waals surface area contributed by atoms with E-state index in [0.29, 0.717) is 12.8 Å². The Morgan fingerprint density at radius 1 is 1.33 bits per heavy atom. The molecular weight excluding hydrogens is 278 g/mol. The van der Waals surface area contributed by atoms with Crippen molar-refractivity contribution in [2.24, 2.45) is 5.14 Å². The van der Waals surface area contributed by atoms with Crippen LogP contribution in [0.2, 0.25) is 0 Å². The van der Waals surface area contributed by atoms with Crippen molar-refractivity contribution in [1.29, 1.82) is 0 Å². The summed E-state index contributed by atoms with van der Waals surface area (Å²) >= 11 is 3.40. The summed E-state index contributed by atoms with van der Waals surface area (Å²) in [6.07, 6.45) is 1.96. The first-order valence-corrected chi connectivity index (χ1v) is 7.16. The third-order valence-corrected chi connectivity index (χ3v) is 4.64. The molecule has 1 atom stereocenters. The van der Waals surface area contributed by atoms with Gasteiger partial charge in [-0.3, -0.25) is 0 Å². The first-order chi connectivity index (χ1) is 6.97. The third kappa shape index (κ3) is 2.41. The van der Waals surface area contributed by atoms with Crippen molar-refractivity contribution < 1.29 is 8.42 Å². The summed E-state index contributed by atoms with van der Waals surface area (Å²) in [5, 5.41) is 4.75. The highest BCUT2D eigenvalue weighted by Crippen LogP contribution is 2.26. The minimum absolute atomic E-state index is 0.411. The molecule has 0 amide bonds. The number of benzene rings is 1. The Labute approximate surface area is 97.9 Å². The van der Waals surface area contributed by atoms with Crippen molar-refractivity contribution in [1.82, 2.24) is 0 Å². The number of halogens is 1. The van der Waals surface area contributed by atoms with Gasteiger partial charge in [0.1, 0.15) is 0 Å². The van der Waals surface area contributed by atoms with Gasteiger partial charge in [0, 0.05) is 4.47 Å². The second kappa shape index (κ2) is 3.88. The number of hydrogen-bond acceptors (Lipinski definition) is 2. The van der Waals surface area contributed by atoms with E-state index in [1.54, 1.807) is 0 Å². The third-order valence-electron chi connectivity index (χ3n) is 2.82. The lowest BCUT2D eigenvalue weighted by Crippen LogP contribution is -2.33. The van der Waals surface area contributed by atoms with Gasteiger partial charge in [-0.15, -0.1) is 0 Å². The van der Waals surface area contributed by atoms with E-state index in [0.717, 1.165) is 16.5 Å². The van der Waals surface area contributed by atoms with Gasteiger partial charge in [-0.05, 0) is 42.5 Å². The Kier molecular flexibility index (Phi) is 2.87. The minimum Gasteiger partial charge on any atom is -0.228 e. The number of primary sulfonamides is 1. The Morgan fingerprint density at radius 2 is 2.07 bits per heavy atom. The van der Waals surface area contributed by atoms with Crippen molar-refractivity contribution in [2.45, 2.75) is 24.5 Å². The molecule has 82 valence electrons. The molecule has 0 spiro atoms. The van der Waals surface area contributed by atoms with E-state index in [9.17, 15) is 8.42 Å². The van der Waals surface area contributed by atoms with Gasteiger partial charge >= 0.3 is 0 Å². The van der Waals surface area contributed by atoms with Crippen molar-refractivity contribution in [3.8, 4) is 0 Å². The van der Waals surface area contributed by atoms with E-state index in [2.05, 4.69) is 22.0 Å². The van der Waals surface area contributed by atoms with Crippen LogP contribution in [0.15, 0.2) is 22.7 Å². The molecule has 3 nitrogen and oxygen atoms in total. The summed E-state index contributed by atoms with van der Waals surface area (Å²) in [4.78, 5) is 0. The molecule has 0 aromatic heterocycles. The van der Waals surface area contributed by atoms with E-state index in [-0.39, 0.29) is 0 Å². The van der Waals surface area contributed by atoms with Crippen LogP contribution < -0.4 is 5.14 Å². The van der Waals surface area contributed by atoms with Crippen molar-refractivity contribution in [3.63, 3.8) is 0 Å². The molecule has 1 aromatic carbocycles. The minimum atomic E-state index is -3.39. The van der Waals surface area contributed by atoms with Gasteiger partial charge in [0.15, 0.2) is 0 Å². The standard InChI is InChI=1S/C10H12BrNO2S/c11-9-3-1-8-6-10(15(12,13)14)4-2-7(8)5-9/h1,3,5,10H,2,4,6H2,(H2,12,13,14)/t10-/m1/s1. The molecule has 2 rings (SSSR count). The van der Waals surface area contributed by atoms with Gasteiger partial charge in [0.05, 0.1) is 5.25 Å². The lowest BCUT2D eigenvalue weighted by atomic mass is 9.91. The molecule has 0 fully saturated rings. The topological polar surface area (TPSA) is 60.2 Å². The molecule has 5 heteroatoms. The van der Waals surface area contributed by atoms with E-state index >= 15 is 0 Å². The van der Waals surface area contributed by atoms with Crippen molar-refractivity contribution in [2.75, 3.05) is 0 Å². The number of sulfonamides is 1. The van der Waals surface area contributed by atoms with Crippen LogP contribution >= 0.6 is 15.9 Å². The van der Waals surface area contributed by atoms with Crippen LogP contribution in [-0.2, 0) is 22.9 Å². The van der Waals surface area contributed by atoms with Gasteiger partial charge < -0.3 is 0 Å². The van der Waals surface area contributed by atoms with Crippen LogP contribution in [0.1, 0.15) is 17.5 Å². The average Bonchev–Trinajstić information content (AvgIpc) is 2.15. The Bertz CT molecular complexity index is 484. The molecule has 0 saturated carbocycles. The van der Waals surface area contributed by atoms with Crippen LogP contribution in [0.5, 0.6) is 0 Å². The smallest absolute Gasteiger partial charge is 0.212 e. The largest absolute Gasteiger partial charge is 0.228 e. The fourth-order valence-electron chi connectivity index (χ4n) is 1.97. The molecule has 0 unspecified atom stereocenters. The second-order valence-corrected chi connectivity index (χ2v) is 6.63. The zero-order valence-electron chi connectivity index (χ0n) is 8.11. The first-order valence-electron chi connectivity index (χ1n) is 4.76. The molecule has 1 aromatic rings. The highest BCUT2D eigenvalue weighted by molar-refractivity contribution is 9.10. The lowest BCUT2D eigenvalue weighted by molar-refractivity contribution is 0.563. The normalized spacial score (nSPS) is 21.1. The van der Waals surface area contributed by atoms with Crippen molar-refractivity contribution in [3.05, 3.63) is 33.8 Å². The number of fused-ring (bicyclic) bond motifs is 1. The molecular formula is C10H12BrNO2S. The quantitative estimate of drug-likeness (QED) is 0.854. The van der Waals surface area contributed by atoms with Gasteiger partial charge in [-0.2, -0.15) is 0 Å². The van der Waals surface area contributed by atoms with Crippen LogP contribution in [-0.4, -0.2) is 13.7 Å². The fourth-order valence-corrected chi connectivity index (χ4v) is 3.24. The van der Waals surface area contributed by atoms with Crippen LogP contribution in [0.25, 0.3) is 0 Å². The van der Waals surface area contributed by atoms with E-state index < -0.39 is 15.3 Å². The van der Waals surface area contributed by atoms with Crippen molar-refractivity contribution >= 4 is 26.0 Å². The van der Waals surface area contributed by atoms with Crippen LogP contribution in [0.4, 0.5) is 0 Å². The number of nitrogens with two attached hydrogens (primary N) is 1. The molecule has 0 aliphatic heterocycles. The monoisotopic (exact) mass is 289 g/mol. The van der Waals surface area contributed by atoms with E-state index in [4.69, 9.17) is 5.14 Å². The number of aryl methyl sites for hydroxylation is 1. The maximum atomic E-state index is 11.2. The molecule has 1 aliphatic carbocycles. The average molecular weight is 290 g/mol. The van der Waals surface area contributed by atoms with Crippen LogP contribution in [0, 0.1) is 0 Å². The summed E-state index contributed by atoms with van der Waals surface area (Å²) in [6.45, 7) is 0. The number of rotatable bonds is 1. The SMILES string of the molecule is NS(=O)(=O)[C@@H]1CCc2cc(Br)ccc2C1. The summed E-state index contributed by atoms with van der Waals surface area (Å²) in [6, 6.07) is 5.95. The fraction of sp³-hybridized carbons (Fsp3) is 0.400. The zero-order chi connectivity index (χ0) is 11.1. The Balaban J connectivity index is 2.32. The summed E-state index contributed by atoms with van der Waals surface area (Å²) in [5.41, 5.74) is 2.33. The zero-order valence-corrected chi connectivity index (χ0v) is 10.5. The molecule has 0 radical (unpaired) electrons. The molecule has 0 heterocycles. The maximum Gasteiger partial charge on any atom is 0.212 e. The molecule has 15 heavy (non-hydrogen) atoms. The van der Waals surface area contributed by atoms with E-state index in [1.165, 1.54) is 5.56 Å². The maximum absolute atomic E-state index is 11.2. The second-order valence-electron chi connectivity index (χ2n) is 3.87. The predicted octanol–water partition coefficient (Wildman–Crippen LogP) is 1.59. The molecule has 0 saturated heterocycles. The summed E-state index contributed by atoms with van der Waals surface area (Å²) in [7, 11) is -3.39. The lowest BCUT2D eigenvalue weighted by Gasteiger charge is -2.22. The highest BCUT2D eigenvalue weighted by Gasteiger charge is 2.26. The van der Waals surface area contributed by atoms with Crippen LogP contribution in [0.3, 0.4) is 0 Å².